The van der Waals surface area contributed by atoms with Crippen LogP contribution in [-0.2, 0) is 32.0 Å². The molecule has 0 N–H and O–H groups in total. The Morgan fingerprint density at radius 3 is 2.54 bits per heavy atom. The third-order valence-corrected chi connectivity index (χ3v) is 6.20. The summed E-state index contributed by atoms with van der Waals surface area (Å²) in [6.07, 6.45) is 7.12. The second-order valence-electron chi connectivity index (χ2n) is 8.98. The number of methoxy groups -OCH3 is 1. The lowest BCUT2D eigenvalue weighted by Crippen LogP contribution is -2.32. The molecule has 0 fully saturated rings. The average Bonchev–Trinajstić information content (AvgIpc) is 3.43. The molecule has 4 rings (SSSR count). The third kappa shape index (κ3) is 4.85. The summed E-state index contributed by atoms with van der Waals surface area (Å²) in [6.45, 7) is 11.9. The summed E-state index contributed by atoms with van der Waals surface area (Å²) in [4.78, 5) is 11.3. The fourth-order valence-electron chi connectivity index (χ4n) is 4.41. The lowest BCUT2D eigenvalue weighted by molar-refractivity contribution is 0.147. The third-order valence-electron chi connectivity index (χ3n) is 6.20. The van der Waals surface area contributed by atoms with Crippen molar-refractivity contribution in [1.82, 2.24) is 38.8 Å². The molecule has 10 nitrogen and oxygen atoms in total. The Labute approximate surface area is 205 Å². The highest BCUT2D eigenvalue weighted by atomic mass is 16.5. The Morgan fingerprint density at radius 1 is 1.14 bits per heavy atom. The van der Waals surface area contributed by atoms with E-state index in [0.29, 0.717) is 12.5 Å². The minimum absolute atomic E-state index is 0.0973. The molecule has 4 aromatic rings. The van der Waals surface area contributed by atoms with Crippen LogP contribution in [0.15, 0.2) is 25.2 Å². The Hall–Kier alpha value is -3.50. The number of likely N-dealkylation sites (N-methyl/N-ethyl adjacent to an activating group) is 1. The van der Waals surface area contributed by atoms with Crippen LogP contribution in [0.4, 0.5) is 0 Å². The summed E-state index contributed by atoms with van der Waals surface area (Å²) < 4.78 is 17.6. The van der Waals surface area contributed by atoms with Gasteiger partial charge in [-0.3, -0.25) is 19.0 Å². The molecule has 0 aliphatic carbocycles. The summed E-state index contributed by atoms with van der Waals surface area (Å²) in [6, 6.07) is 0. The quantitative estimate of drug-likeness (QED) is 0.346. The van der Waals surface area contributed by atoms with E-state index in [4.69, 9.17) is 9.47 Å². The topological polar surface area (TPSA) is 87.5 Å². The lowest BCUT2D eigenvalue weighted by atomic mass is 10.1. The van der Waals surface area contributed by atoms with Gasteiger partial charge in [0, 0.05) is 40.5 Å². The molecule has 0 bridgehead atoms. The van der Waals surface area contributed by atoms with Gasteiger partial charge in [-0.15, -0.1) is 0 Å². The second-order valence-corrected chi connectivity index (χ2v) is 8.98. The lowest BCUT2D eigenvalue weighted by Gasteiger charge is -2.23. The molecule has 1 atom stereocenters. The van der Waals surface area contributed by atoms with Crippen molar-refractivity contribution in [2.75, 3.05) is 20.7 Å². The largest absolute Gasteiger partial charge is 0.473 e. The van der Waals surface area contributed by atoms with E-state index in [1.54, 1.807) is 30.3 Å². The fourth-order valence-corrected chi connectivity index (χ4v) is 4.41. The number of rotatable bonds is 10. The Balaban J connectivity index is 1.60. The fraction of sp³-hybridized carbons (Fsp3) is 0.440. The predicted octanol–water partition coefficient (Wildman–Crippen LogP) is 3.17. The molecule has 1 unspecified atom stereocenters. The number of ether oxygens (including phenoxy) is 2. The number of nitrogens with zero attached hydrogens (tertiary/aromatic N) is 8. The number of aryl methyl sites for hydroxylation is 3. The summed E-state index contributed by atoms with van der Waals surface area (Å²) in [5.41, 5.74) is 6.69. The van der Waals surface area contributed by atoms with Crippen LogP contribution in [0.1, 0.15) is 35.4 Å². The first-order valence-electron chi connectivity index (χ1n) is 11.6. The molecule has 35 heavy (non-hydrogen) atoms. The van der Waals surface area contributed by atoms with Gasteiger partial charge in [-0.05, 0) is 39.5 Å². The molecule has 0 spiro atoms. The van der Waals surface area contributed by atoms with E-state index in [2.05, 4.69) is 52.5 Å². The van der Waals surface area contributed by atoms with E-state index >= 15 is 0 Å². The summed E-state index contributed by atoms with van der Waals surface area (Å²) in [5.74, 6) is 1.40. The van der Waals surface area contributed by atoms with Crippen LogP contribution in [0, 0.1) is 13.8 Å². The molecular weight excluding hydrogens is 444 g/mol. The van der Waals surface area contributed by atoms with Crippen LogP contribution < -0.4 is 4.74 Å². The van der Waals surface area contributed by atoms with Crippen molar-refractivity contribution in [3.8, 4) is 17.1 Å². The van der Waals surface area contributed by atoms with Gasteiger partial charge >= 0.3 is 0 Å². The van der Waals surface area contributed by atoms with Crippen molar-refractivity contribution >= 4 is 11.6 Å². The van der Waals surface area contributed by atoms with Crippen molar-refractivity contribution in [2.45, 2.75) is 40.0 Å². The van der Waals surface area contributed by atoms with Gasteiger partial charge in [0.15, 0.2) is 0 Å². The van der Waals surface area contributed by atoms with Gasteiger partial charge in [-0.2, -0.15) is 10.2 Å². The van der Waals surface area contributed by atoms with Crippen LogP contribution in [0.3, 0.4) is 0 Å². The summed E-state index contributed by atoms with van der Waals surface area (Å²) >= 11 is 0. The standard InChI is InChI=1S/C25H34N8O2/c1-9-23-27-11-19-10-26-20(13-33(19)23)24-21(15-34-8)29-32(7)25(24)35-16(2)12-30(5)14-22-17(3)18(4)28-31(22)6/h9-11,13,16H,1,12,14-15H2,2-8H3. The first kappa shape index (κ1) is 24.6. The maximum absolute atomic E-state index is 6.48. The molecule has 186 valence electrons. The van der Waals surface area contributed by atoms with Crippen molar-refractivity contribution in [1.29, 1.82) is 0 Å². The molecule has 10 heteroatoms. The highest BCUT2D eigenvalue weighted by molar-refractivity contribution is 5.69. The average molecular weight is 479 g/mol. The molecule has 0 aliphatic rings. The smallest absolute Gasteiger partial charge is 0.221 e. The number of hydrogen-bond donors (Lipinski definition) is 0. The Morgan fingerprint density at radius 2 is 1.89 bits per heavy atom. The highest BCUT2D eigenvalue weighted by Crippen LogP contribution is 2.33. The maximum Gasteiger partial charge on any atom is 0.221 e. The number of fused-ring (bicyclic) bond motifs is 1. The van der Waals surface area contributed by atoms with Gasteiger partial charge in [-0.1, -0.05) is 6.58 Å². The highest BCUT2D eigenvalue weighted by Gasteiger charge is 2.24. The van der Waals surface area contributed by atoms with Crippen molar-refractivity contribution in [3.05, 3.63) is 53.6 Å². The zero-order chi connectivity index (χ0) is 25.3. The first-order chi connectivity index (χ1) is 16.7. The minimum Gasteiger partial charge on any atom is -0.473 e. The van der Waals surface area contributed by atoms with E-state index in [9.17, 15) is 0 Å². The molecule has 0 saturated heterocycles. The van der Waals surface area contributed by atoms with Crippen LogP contribution in [0.25, 0.3) is 22.9 Å². The van der Waals surface area contributed by atoms with Gasteiger partial charge in [-0.25, -0.2) is 9.67 Å². The van der Waals surface area contributed by atoms with Crippen LogP contribution in [-0.4, -0.2) is 65.6 Å². The molecule has 0 aromatic carbocycles. The Kier molecular flexibility index (Phi) is 7.04. The van der Waals surface area contributed by atoms with Gasteiger partial charge < -0.3 is 9.47 Å². The number of hydrogen-bond acceptors (Lipinski definition) is 7. The molecule has 0 amide bonds. The van der Waals surface area contributed by atoms with Crippen molar-refractivity contribution in [3.63, 3.8) is 0 Å². The van der Waals surface area contributed by atoms with E-state index in [1.807, 2.05) is 36.3 Å². The van der Waals surface area contributed by atoms with E-state index in [1.165, 1.54) is 11.3 Å². The van der Waals surface area contributed by atoms with E-state index < -0.39 is 0 Å². The predicted molar refractivity (Wildman–Crippen MR) is 135 cm³/mol. The zero-order valence-corrected chi connectivity index (χ0v) is 21.6. The molecule has 0 aliphatic heterocycles. The molecule has 0 saturated carbocycles. The Bertz CT molecular complexity index is 1350. The van der Waals surface area contributed by atoms with Crippen molar-refractivity contribution in [2.24, 2.45) is 14.1 Å². The SMILES string of the molecule is C=Cc1ncc2cnc(-c3c(COC)nn(C)c3OC(C)CN(C)Cc3c(C)c(C)nn3C)cn12. The monoisotopic (exact) mass is 478 g/mol. The van der Waals surface area contributed by atoms with E-state index in [0.717, 1.165) is 47.1 Å². The second kappa shape index (κ2) is 10.0. The maximum atomic E-state index is 6.48. The summed E-state index contributed by atoms with van der Waals surface area (Å²) in [7, 11) is 7.61. The van der Waals surface area contributed by atoms with Crippen LogP contribution in [0.5, 0.6) is 5.88 Å². The normalized spacial score (nSPS) is 12.6. The first-order valence-corrected chi connectivity index (χ1v) is 11.6. The van der Waals surface area contributed by atoms with E-state index in [-0.39, 0.29) is 6.10 Å². The van der Waals surface area contributed by atoms with Crippen molar-refractivity contribution < 1.29 is 9.47 Å². The minimum atomic E-state index is -0.0973. The molecule has 0 radical (unpaired) electrons. The van der Waals surface area contributed by atoms with Crippen LogP contribution in [0.2, 0.25) is 0 Å². The molecule has 4 heterocycles. The number of imidazole rings is 1. The number of aromatic nitrogens is 7. The van der Waals surface area contributed by atoms with Gasteiger partial charge in [0.1, 0.15) is 17.6 Å². The van der Waals surface area contributed by atoms with Gasteiger partial charge in [0.2, 0.25) is 5.88 Å². The summed E-state index contributed by atoms with van der Waals surface area (Å²) in [5, 5.41) is 9.20. The van der Waals surface area contributed by atoms with Gasteiger partial charge in [0.05, 0.1) is 47.2 Å². The molecule has 4 aromatic heterocycles. The van der Waals surface area contributed by atoms with Gasteiger partial charge in [0.25, 0.3) is 0 Å². The zero-order valence-electron chi connectivity index (χ0n) is 21.6. The van der Waals surface area contributed by atoms with Crippen LogP contribution >= 0.6 is 0 Å². The molecular formula is C25H34N8O2.